The number of hydrogen-bond donors (Lipinski definition) is 1. The van der Waals surface area contributed by atoms with E-state index >= 15 is 0 Å². The first-order valence-electron chi connectivity index (χ1n) is 8.48. The van der Waals surface area contributed by atoms with Gasteiger partial charge < -0.3 is 14.5 Å². The highest BCUT2D eigenvalue weighted by molar-refractivity contribution is 5.85. The fourth-order valence-electron chi connectivity index (χ4n) is 3.72. The van der Waals surface area contributed by atoms with Gasteiger partial charge in [-0.05, 0) is 50.0 Å². The topological polar surface area (TPSA) is 60.0 Å². The lowest BCUT2D eigenvalue weighted by Crippen LogP contribution is -2.20. The summed E-state index contributed by atoms with van der Waals surface area (Å²) in [5.74, 6) is 1.28. The molecule has 0 aromatic carbocycles. The summed E-state index contributed by atoms with van der Waals surface area (Å²) >= 11 is 0. The molecule has 0 amide bonds. The summed E-state index contributed by atoms with van der Waals surface area (Å²) in [7, 11) is 0. The number of nitrogens with one attached hydrogen (secondary N) is 1. The molecule has 0 radical (unpaired) electrons. The Morgan fingerprint density at radius 1 is 1.05 bits per heavy atom. The number of hydrogen-bond acceptors (Lipinski definition) is 4. The van der Waals surface area contributed by atoms with E-state index in [4.69, 9.17) is 9.47 Å². The maximum atomic E-state index is 6.26. The van der Waals surface area contributed by atoms with Crippen LogP contribution in [0.15, 0.2) is 12.5 Å². The standard InChI is InChI=1S/C17H23N3O2/c1-2-4-13(5-3-1)22-17-15-14(12-6-8-21-9-7-12)10-18-16(15)19-11-20-17/h10-13H,1-9H2,(H,18,19,20). The third kappa shape index (κ3) is 2.70. The van der Waals surface area contributed by atoms with Gasteiger partial charge in [-0.25, -0.2) is 9.97 Å². The molecular formula is C17H23N3O2. The number of ether oxygens (including phenoxy) is 2. The van der Waals surface area contributed by atoms with Gasteiger partial charge >= 0.3 is 0 Å². The van der Waals surface area contributed by atoms with Crippen molar-refractivity contribution in [2.24, 2.45) is 0 Å². The van der Waals surface area contributed by atoms with Crippen molar-refractivity contribution in [1.29, 1.82) is 0 Å². The maximum Gasteiger partial charge on any atom is 0.226 e. The average Bonchev–Trinajstić information content (AvgIpc) is 3.02. The Bertz CT molecular complexity index is 628. The first kappa shape index (κ1) is 14.0. The lowest BCUT2D eigenvalue weighted by molar-refractivity contribution is 0.0855. The quantitative estimate of drug-likeness (QED) is 0.941. The van der Waals surface area contributed by atoms with Crippen molar-refractivity contribution in [2.45, 2.75) is 57.0 Å². The molecule has 0 unspecified atom stereocenters. The van der Waals surface area contributed by atoms with Gasteiger partial charge in [-0.3, -0.25) is 0 Å². The molecule has 1 N–H and O–H groups in total. The van der Waals surface area contributed by atoms with Crippen molar-refractivity contribution < 1.29 is 9.47 Å². The van der Waals surface area contributed by atoms with Crippen LogP contribution in [0.5, 0.6) is 5.88 Å². The van der Waals surface area contributed by atoms with E-state index < -0.39 is 0 Å². The molecule has 1 aliphatic carbocycles. The molecule has 2 aromatic heterocycles. The van der Waals surface area contributed by atoms with Gasteiger partial charge in [0, 0.05) is 19.4 Å². The highest BCUT2D eigenvalue weighted by Gasteiger charge is 2.24. The second-order valence-electron chi connectivity index (χ2n) is 6.41. The molecule has 118 valence electrons. The Balaban J connectivity index is 1.66. The molecule has 2 aromatic rings. The minimum Gasteiger partial charge on any atom is -0.474 e. The monoisotopic (exact) mass is 301 g/mol. The summed E-state index contributed by atoms with van der Waals surface area (Å²) < 4.78 is 11.7. The van der Waals surface area contributed by atoms with Gasteiger partial charge in [0.2, 0.25) is 5.88 Å². The summed E-state index contributed by atoms with van der Waals surface area (Å²) in [6.07, 6.45) is 12.3. The Morgan fingerprint density at radius 2 is 1.86 bits per heavy atom. The van der Waals surface area contributed by atoms with Crippen LogP contribution in [0.4, 0.5) is 0 Å². The average molecular weight is 301 g/mol. The Hall–Kier alpha value is -1.62. The van der Waals surface area contributed by atoms with Crippen molar-refractivity contribution in [3.05, 3.63) is 18.1 Å². The largest absolute Gasteiger partial charge is 0.474 e. The summed E-state index contributed by atoms with van der Waals surface area (Å²) in [6.45, 7) is 1.67. The zero-order valence-corrected chi connectivity index (χ0v) is 12.9. The Morgan fingerprint density at radius 3 is 2.68 bits per heavy atom. The number of aromatic nitrogens is 3. The predicted octanol–water partition coefficient (Wildman–Crippen LogP) is 3.56. The van der Waals surface area contributed by atoms with Crippen molar-refractivity contribution in [2.75, 3.05) is 13.2 Å². The molecule has 3 heterocycles. The number of nitrogens with zero attached hydrogens (tertiary/aromatic N) is 2. The molecular weight excluding hydrogens is 278 g/mol. The smallest absolute Gasteiger partial charge is 0.226 e. The van der Waals surface area contributed by atoms with Gasteiger partial charge in [-0.15, -0.1) is 0 Å². The van der Waals surface area contributed by atoms with Crippen molar-refractivity contribution >= 4 is 11.0 Å². The molecule has 4 rings (SSSR count). The number of rotatable bonds is 3. The number of aromatic amines is 1. The fraction of sp³-hybridized carbons (Fsp3) is 0.647. The molecule has 5 nitrogen and oxygen atoms in total. The van der Waals surface area contributed by atoms with Gasteiger partial charge in [0.15, 0.2) is 0 Å². The summed E-state index contributed by atoms with van der Waals surface area (Å²) in [5.41, 5.74) is 2.19. The minimum atomic E-state index is 0.310. The van der Waals surface area contributed by atoms with E-state index in [0.29, 0.717) is 12.0 Å². The molecule has 0 bridgehead atoms. The van der Waals surface area contributed by atoms with E-state index in [1.807, 2.05) is 0 Å². The zero-order valence-electron chi connectivity index (χ0n) is 12.9. The normalized spacial score (nSPS) is 21.3. The molecule has 1 saturated carbocycles. The van der Waals surface area contributed by atoms with E-state index in [1.165, 1.54) is 24.8 Å². The second kappa shape index (κ2) is 6.24. The Kier molecular flexibility index (Phi) is 3.97. The SMILES string of the molecule is c1nc(OC2CCCCC2)c2c(C3CCOCC3)c[nH]c2n1. The van der Waals surface area contributed by atoms with Gasteiger partial charge in [0.25, 0.3) is 0 Å². The third-order valence-electron chi connectivity index (χ3n) is 4.96. The number of H-pyrrole nitrogens is 1. The fourth-order valence-corrected chi connectivity index (χ4v) is 3.72. The first-order chi connectivity index (χ1) is 10.9. The van der Waals surface area contributed by atoms with E-state index in [0.717, 1.165) is 55.8 Å². The predicted molar refractivity (Wildman–Crippen MR) is 84.2 cm³/mol. The van der Waals surface area contributed by atoms with Gasteiger partial charge in [-0.1, -0.05) is 6.42 Å². The van der Waals surface area contributed by atoms with Crippen LogP contribution in [0.25, 0.3) is 11.0 Å². The lowest BCUT2D eigenvalue weighted by Gasteiger charge is -2.24. The zero-order chi connectivity index (χ0) is 14.8. The lowest BCUT2D eigenvalue weighted by atomic mass is 9.92. The minimum absolute atomic E-state index is 0.310. The first-order valence-corrected chi connectivity index (χ1v) is 8.48. The van der Waals surface area contributed by atoms with E-state index in [9.17, 15) is 0 Å². The highest BCUT2D eigenvalue weighted by Crippen LogP contribution is 2.36. The van der Waals surface area contributed by atoms with Crippen molar-refractivity contribution in [3.63, 3.8) is 0 Å². The summed E-state index contributed by atoms with van der Waals surface area (Å²) in [4.78, 5) is 12.1. The molecule has 2 fully saturated rings. The van der Waals surface area contributed by atoms with Crippen LogP contribution >= 0.6 is 0 Å². The van der Waals surface area contributed by atoms with Gasteiger partial charge in [-0.2, -0.15) is 0 Å². The summed E-state index contributed by atoms with van der Waals surface area (Å²) in [5, 5.41) is 1.08. The molecule has 1 aliphatic heterocycles. The molecule has 1 saturated heterocycles. The van der Waals surface area contributed by atoms with Gasteiger partial charge in [0.05, 0.1) is 5.39 Å². The molecule has 22 heavy (non-hydrogen) atoms. The van der Waals surface area contributed by atoms with Crippen LogP contribution in [0, 0.1) is 0 Å². The van der Waals surface area contributed by atoms with Crippen LogP contribution in [-0.2, 0) is 4.74 Å². The van der Waals surface area contributed by atoms with Crippen LogP contribution in [-0.4, -0.2) is 34.3 Å². The van der Waals surface area contributed by atoms with Crippen LogP contribution in [0.2, 0.25) is 0 Å². The molecule has 2 aliphatic rings. The van der Waals surface area contributed by atoms with Crippen LogP contribution < -0.4 is 4.74 Å². The van der Waals surface area contributed by atoms with Crippen LogP contribution in [0.1, 0.15) is 56.4 Å². The number of fused-ring (bicyclic) bond motifs is 1. The summed E-state index contributed by atoms with van der Waals surface area (Å²) in [6, 6.07) is 0. The van der Waals surface area contributed by atoms with E-state index in [-0.39, 0.29) is 0 Å². The molecule has 0 atom stereocenters. The Labute approximate surface area is 130 Å². The van der Waals surface area contributed by atoms with Crippen LogP contribution in [0.3, 0.4) is 0 Å². The second-order valence-corrected chi connectivity index (χ2v) is 6.41. The molecule has 5 heteroatoms. The third-order valence-corrected chi connectivity index (χ3v) is 4.96. The molecule has 0 spiro atoms. The van der Waals surface area contributed by atoms with E-state index in [2.05, 4.69) is 21.1 Å². The maximum absolute atomic E-state index is 6.26. The van der Waals surface area contributed by atoms with Crippen molar-refractivity contribution in [1.82, 2.24) is 15.0 Å². The highest BCUT2D eigenvalue weighted by atomic mass is 16.5. The van der Waals surface area contributed by atoms with Crippen molar-refractivity contribution in [3.8, 4) is 5.88 Å². The van der Waals surface area contributed by atoms with Gasteiger partial charge in [0.1, 0.15) is 18.1 Å². The van der Waals surface area contributed by atoms with E-state index in [1.54, 1.807) is 6.33 Å².